The number of alkyl halides is 2. The molecular weight excluding hydrogens is 317 g/mol. The molecular formula is C10H9F2IO2. The van der Waals surface area contributed by atoms with Gasteiger partial charge >= 0.3 is 6.61 Å². The maximum Gasteiger partial charge on any atom is 0.387 e. The van der Waals surface area contributed by atoms with Crippen molar-refractivity contribution in [3.8, 4) is 5.75 Å². The number of hydrogen-bond acceptors (Lipinski definition) is 2. The molecule has 0 amide bonds. The monoisotopic (exact) mass is 326 g/mol. The summed E-state index contributed by atoms with van der Waals surface area (Å²) < 4.78 is 29.0. The fraction of sp³-hybridized carbons (Fsp3) is 0.300. The number of carbonyl (C=O) groups excluding carboxylic acids is 1. The van der Waals surface area contributed by atoms with E-state index < -0.39 is 6.61 Å². The molecule has 0 spiro atoms. The third-order valence-corrected chi connectivity index (χ3v) is 3.23. The van der Waals surface area contributed by atoms with Gasteiger partial charge in [0.05, 0.1) is 3.57 Å². The van der Waals surface area contributed by atoms with E-state index in [-0.39, 0.29) is 11.5 Å². The number of aryl methyl sites for hydroxylation is 1. The Bertz CT molecular complexity index is 391. The van der Waals surface area contributed by atoms with Crippen LogP contribution >= 0.6 is 22.6 Å². The van der Waals surface area contributed by atoms with Gasteiger partial charge in [-0.05, 0) is 54.1 Å². The van der Waals surface area contributed by atoms with Gasteiger partial charge in [-0.2, -0.15) is 8.78 Å². The van der Waals surface area contributed by atoms with Crippen LogP contribution in [0.15, 0.2) is 12.1 Å². The van der Waals surface area contributed by atoms with E-state index in [2.05, 4.69) is 4.74 Å². The number of rotatable bonds is 3. The van der Waals surface area contributed by atoms with Crippen molar-refractivity contribution < 1.29 is 18.3 Å². The summed E-state index contributed by atoms with van der Waals surface area (Å²) in [6.07, 6.45) is 0. The van der Waals surface area contributed by atoms with Gasteiger partial charge < -0.3 is 4.74 Å². The first kappa shape index (κ1) is 12.4. The van der Waals surface area contributed by atoms with Gasteiger partial charge in [0.15, 0.2) is 5.78 Å². The summed E-state index contributed by atoms with van der Waals surface area (Å²) in [6, 6.07) is 2.99. The first-order valence-corrected chi connectivity index (χ1v) is 5.25. The normalized spacial score (nSPS) is 10.5. The highest BCUT2D eigenvalue weighted by Crippen LogP contribution is 2.27. The highest BCUT2D eigenvalue weighted by molar-refractivity contribution is 14.1. The van der Waals surface area contributed by atoms with Crippen LogP contribution in [0.4, 0.5) is 8.78 Å². The first-order valence-electron chi connectivity index (χ1n) is 4.17. The topological polar surface area (TPSA) is 26.3 Å². The lowest BCUT2D eigenvalue weighted by Crippen LogP contribution is -2.06. The highest BCUT2D eigenvalue weighted by atomic mass is 127. The zero-order valence-electron chi connectivity index (χ0n) is 8.18. The highest BCUT2D eigenvalue weighted by Gasteiger charge is 2.13. The van der Waals surface area contributed by atoms with Crippen LogP contribution in [-0.2, 0) is 0 Å². The minimum absolute atomic E-state index is 0.0517. The van der Waals surface area contributed by atoms with E-state index in [1.54, 1.807) is 13.0 Å². The molecule has 0 saturated heterocycles. The second kappa shape index (κ2) is 4.87. The molecule has 15 heavy (non-hydrogen) atoms. The number of ether oxygens (including phenoxy) is 1. The van der Waals surface area contributed by atoms with Crippen LogP contribution in [0.2, 0.25) is 0 Å². The second-order valence-electron chi connectivity index (χ2n) is 3.04. The Balaban J connectivity index is 3.19. The Kier molecular flexibility index (Phi) is 4.01. The van der Waals surface area contributed by atoms with Crippen LogP contribution in [0.5, 0.6) is 5.75 Å². The van der Waals surface area contributed by atoms with Crippen molar-refractivity contribution in [2.24, 2.45) is 0 Å². The summed E-state index contributed by atoms with van der Waals surface area (Å²) in [5, 5.41) is 0. The van der Waals surface area contributed by atoms with E-state index in [1.807, 2.05) is 22.6 Å². The van der Waals surface area contributed by atoms with Crippen molar-refractivity contribution in [1.82, 2.24) is 0 Å². The Morgan fingerprint density at radius 3 is 2.53 bits per heavy atom. The van der Waals surface area contributed by atoms with Crippen molar-refractivity contribution >= 4 is 28.4 Å². The molecule has 1 rings (SSSR count). The standard InChI is InChI=1S/C10H9F2IO2/c1-5-3-7(6(2)14)4-8(9(5)13)15-10(11)12/h3-4,10H,1-2H3. The van der Waals surface area contributed by atoms with Gasteiger partial charge in [-0.25, -0.2) is 0 Å². The molecule has 2 nitrogen and oxygen atoms in total. The van der Waals surface area contributed by atoms with Crippen LogP contribution < -0.4 is 4.74 Å². The van der Waals surface area contributed by atoms with Gasteiger partial charge in [0.1, 0.15) is 5.75 Å². The van der Waals surface area contributed by atoms with Crippen LogP contribution in [0.3, 0.4) is 0 Å². The van der Waals surface area contributed by atoms with Crippen molar-refractivity contribution in [1.29, 1.82) is 0 Å². The second-order valence-corrected chi connectivity index (χ2v) is 4.12. The SMILES string of the molecule is CC(=O)c1cc(C)c(I)c(OC(F)F)c1. The molecule has 5 heteroatoms. The average molecular weight is 326 g/mol. The Labute approximate surface area is 99.8 Å². The molecule has 0 aliphatic rings. The Morgan fingerprint density at radius 1 is 1.47 bits per heavy atom. The molecule has 0 unspecified atom stereocenters. The van der Waals surface area contributed by atoms with E-state index in [4.69, 9.17) is 0 Å². The Hall–Kier alpha value is -0.720. The third-order valence-electron chi connectivity index (χ3n) is 1.84. The van der Waals surface area contributed by atoms with Crippen LogP contribution in [0.1, 0.15) is 22.8 Å². The minimum Gasteiger partial charge on any atom is -0.434 e. The van der Waals surface area contributed by atoms with Gasteiger partial charge in [-0.15, -0.1) is 0 Å². The van der Waals surface area contributed by atoms with Gasteiger partial charge in [0.25, 0.3) is 0 Å². The lowest BCUT2D eigenvalue weighted by molar-refractivity contribution is -0.0504. The van der Waals surface area contributed by atoms with Crippen LogP contribution in [0, 0.1) is 10.5 Å². The fourth-order valence-corrected chi connectivity index (χ4v) is 1.56. The van der Waals surface area contributed by atoms with Crippen molar-refractivity contribution in [2.75, 3.05) is 0 Å². The minimum atomic E-state index is -2.87. The number of hydrogen-bond donors (Lipinski definition) is 0. The molecule has 1 aromatic rings. The summed E-state index contributed by atoms with van der Waals surface area (Å²) >= 11 is 1.91. The number of benzene rings is 1. The lowest BCUT2D eigenvalue weighted by Gasteiger charge is -2.10. The lowest BCUT2D eigenvalue weighted by atomic mass is 10.1. The van der Waals surface area contributed by atoms with E-state index in [9.17, 15) is 13.6 Å². The predicted octanol–water partition coefficient (Wildman–Crippen LogP) is 3.40. The molecule has 0 atom stereocenters. The summed E-state index contributed by atoms with van der Waals surface area (Å²) in [5.74, 6) is -0.121. The smallest absolute Gasteiger partial charge is 0.387 e. The van der Waals surface area contributed by atoms with Crippen LogP contribution in [0.25, 0.3) is 0 Å². The summed E-state index contributed by atoms with van der Waals surface area (Å²) in [6.45, 7) is 0.250. The van der Waals surface area contributed by atoms with E-state index in [1.165, 1.54) is 13.0 Å². The summed E-state index contributed by atoms with van der Waals surface area (Å²) in [4.78, 5) is 11.1. The molecule has 0 radical (unpaired) electrons. The zero-order valence-corrected chi connectivity index (χ0v) is 10.3. The molecule has 1 aromatic carbocycles. The zero-order chi connectivity index (χ0) is 11.6. The van der Waals surface area contributed by atoms with Crippen LogP contribution in [-0.4, -0.2) is 12.4 Å². The van der Waals surface area contributed by atoms with E-state index >= 15 is 0 Å². The van der Waals surface area contributed by atoms with Gasteiger partial charge in [-0.3, -0.25) is 4.79 Å². The fourth-order valence-electron chi connectivity index (χ4n) is 1.12. The molecule has 0 heterocycles. The molecule has 0 bridgehead atoms. The third kappa shape index (κ3) is 3.12. The maximum absolute atomic E-state index is 12.1. The number of Topliss-reactive ketones (excluding diaryl/α,β-unsaturated/α-hetero) is 1. The summed E-state index contributed by atoms with van der Waals surface area (Å²) in [5.41, 5.74) is 1.13. The first-order chi connectivity index (χ1) is 6.91. The van der Waals surface area contributed by atoms with Crippen molar-refractivity contribution in [3.63, 3.8) is 0 Å². The molecule has 82 valence electrons. The number of halogens is 3. The summed E-state index contributed by atoms with van der Waals surface area (Å²) in [7, 11) is 0. The van der Waals surface area contributed by atoms with Gasteiger partial charge in [-0.1, -0.05) is 0 Å². The molecule has 0 aliphatic heterocycles. The predicted molar refractivity (Wildman–Crippen MR) is 60.5 cm³/mol. The largest absolute Gasteiger partial charge is 0.434 e. The van der Waals surface area contributed by atoms with E-state index in [0.29, 0.717) is 9.13 Å². The molecule has 0 fully saturated rings. The maximum atomic E-state index is 12.1. The van der Waals surface area contributed by atoms with E-state index in [0.717, 1.165) is 5.56 Å². The van der Waals surface area contributed by atoms with Crippen molar-refractivity contribution in [2.45, 2.75) is 20.5 Å². The number of carbonyl (C=O) groups is 1. The molecule has 0 N–H and O–H groups in total. The molecule has 0 aliphatic carbocycles. The van der Waals surface area contributed by atoms with Crippen molar-refractivity contribution in [3.05, 3.63) is 26.8 Å². The molecule has 0 saturated carbocycles. The van der Waals surface area contributed by atoms with Gasteiger partial charge in [0, 0.05) is 5.56 Å². The molecule has 0 aromatic heterocycles. The Morgan fingerprint density at radius 2 is 2.07 bits per heavy atom. The average Bonchev–Trinajstić information content (AvgIpc) is 2.11. The van der Waals surface area contributed by atoms with Gasteiger partial charge in [0.2, 0.25) is 0 Å². The quantitative estimate of drug-likeness (QED) is 0.629. The number of ketones is 1.